The molecule has 0 aliphatic heterocycles. The Morgan fingerprint density at radius 2 is 1.64 bits per heavy atom. The molecule has 2 nitrogen and oxygen atoms in total. The lowest BCUT2D eigenvalue weighted by atomic mass is 10.0. The summed E-state index contributed by atoms with van der Waals surface area (Å²) in [5, 5.41) is 3.69. The third-order valence-electron chi connectivity index (χ3n) is 4.61. The minimum atomic E-state index is 0.444. The van der Waals surface area contributed by atoms with Gasteiger partial charge in [0.1, 0.15) is 5.75 Å². The number of unbranched alkanes of at least 4 members (excludes halogenated alkanes) is 3. The highest BCUT2D eigenvalue weighted by Crippen LogP contribution is 2.20. The van der Waals surface area contributed by atoms with Crippen molar-refractivity contribution >= 4 is 0 Å². The number of nitrogens with one attached hydrogen (secondary N) is 1. The van der Waals surface area contributed by atoms with Crippen molar-refractivity contribution in [3.05, 3.63) is 65.7 Å². The molecule has 2 heteroatoms. The molecule has 1 atom stereocenters. The van der Waals surface area contributed by atoms with Crippen molar-refractivity contribution in [2.24, 2.45) is 0 Å². The molecule has 136 valence electrons. The van der Waals surface area contributed by atoms with Crippen LogP contribution in [0.1, 0.15) is 63.1 Å². The maximum Gasteiger partial charge on any atom is 0.119 e. The molecule has 0 amide bonds. The van der Waals surface area contributed by atoms with E-state index in [1.165, 1.54) is 36.8 Å². The van der Waals surface area contributed by atoms with Crippen LogP contribution in [0, 0.1) is 0 Å². The zero-order valence-corrected chi connectivity index (χ0v) is 15.8. The van der Waals surface area contributed by atoms with E-state index >= 15 is 0 Å². The lowest BCUT2D eigenvalue weighted by Gasteiger charge is -2.18. The van der Waals surface area contributed by atoms with Crippen LogP contribution in [0.3, 0.4) is 0 Å². The summed E-state index contributed by atoms with van der Waals surface area (Å²) in [7, 11) is 0. The van der Waals surface area contributed by atoms with E-state index in [1.54, 1.807) is 0 Å². The lowest BCUT2D eigenvalue weighted by molar-refractivity contribution is 0.321. The van der Waals surface area contributed by atoms with Crippen molar-refractivity contribution in [2.45, 2.75) is 58.4 Å². The molecule has 25 heavy (non-hydrogen) atoms. The Morgan fingerprint density at radius 1 is 0.880 bits per heavy atom. The van der Waals surface area contributed by atoms with Gasteiger partial charge >= 0.3 is 0 Å². The Morgan fingerprint density at radius 3 is 2.32 bits per heavy atom. The molecular weight excluding hydrogens is 306 g/mol. The SMILES string of the molecule is CCCCCCNC(CC)c1ccc(OCCc2ccccc2)cc1. The highest BCUT2D eigenvalue weighted by Gasteiger charge is 2.08. The standard InChI is InChI=1S/C23H33NO/c1-3-5-6-10-18-24-23(4-2)21-13-15-22(16-14-21)25-19-17-20-11-8-7-9-12-20/h7-9,11-16,23-24H,3-6,10,17-19H2,1-2H3. The van der Waals surface area contributed by atoms with Crippen LogP contribution in [0.4, 0.5) is 0 Å². The van der Waals surface area contributed by atoms with Gasteiger partial charge in [0.2, 0.25) is 0 Å². The van der Waals surface area contributed by atoms with E-state index < -0.39 is 0 Å². The Kier molecular flexibility index (Phi) is 9.14. The summed E-state index contributed by atoms with van der Waals surface area (Å²) in [6, 6.07) is 19.5. The zero-order chi connectivity index (χ0) is 17.7. The van der Waals surface area contributed by atoms with Crippen molar-refractivity contribution in [3.63, 3.8) is 0 Å². The fourth-order valence-corrected chi connectivity index (χ4v) is 3.05. The third-order valence-corrected chi connectivity index (χ3v) is 4.61. The number of ether oxygens (including phenoxy) is 1. The van der Waals surface area contributed by atoms with Gasteiger partial charge in [0.05, 0.1) is 6.61 Å². The van der Waals surface area contributed by atoms with Crippen molar-refractivity contribution in [2.75, 3.05) is 13.2 Å². The molecule has 2 rings (SSSR count). The molecule has 0 saturated carbocycles. The molecule has 0 aliphatic rings. The topological polar surface area (TPSA) is 21.3 Å². The highest BCUT2D eigenvalue weighted by molar-refractivity contribution is 5.29. The summed E-state index contributed by atoms with van der Waals surface area (Å²) >= 11 is 0. The lowest BCUT2D eigenvalue weighted by Crippen LogP contribution is -2.21. The van der Waals surface area contributed by atoms with Crippen molar-refractivity contribution < 1.29 is 4.74 Å². The van der Waals surface area contributed by atoms with E-state index in [0.717, 1.165) is 31.7 Å². The van der Waals surface area contributed by atoms with E-state index in [2.05, 4.69) is 67.7 Å². The van der Waals surface area contributed by atoms with Gasteiger partial charge in [-0.15, -0.1) is 0 Å². The first-order chi connectivity index (χ1) is 12.3. The number of rotatable bonds is 12. The van der Waals surface area contributed by atoms with E-state index in [0.29, 0.717) is 6.04 Å². The predicted molar refractivity (Wildman–Crippen MR) is 107 cm³/mol. The maximum atomic E-state index is 5.88. The second-order valence-electron chi connectivity index (χ2n) is 6.63. The monoisotopic (exact) mass is 339 g/mol. The van der Waals surface area contributed by atoms with Crippen molar-refractivity contribution in [3.8, 4) is 5.75 Å². The molecule has 0 saturated heterocycles. The van der Waals surface area contributed by atoms with Gasteiger partial charge in [-0.05, 0) is 42.6 Å². The molecule has 0 aliphatic carbocycles. The Bertz CT molecular complexity index is 564. The first-order valence-electron chi connectivity index (χ1n) is 9.83. The molecule has 0 heterocycles. The Hall–Kier alpha value is -1.80. The molecule has 2 aromatic carbocycles. The summed E-state index contributed by atoms with van der Waals surface area (Å²) in [4.78, 5) is 0. The Balaban J connectivity index is 1.75. The molecular formula is C23H33NO. The first kappa shape index (κ1) is 19.5. The van der Waals surface area contributed by atoms with Gasteiger partial charge in [0, 0.05) is 12.5 Å². The largest absolute Gasteiger partial charge is 0.493 e. The molecule has 0 spiro atoms. The molecule has 1 unspecified atom stereocenters. The van der Waals surface area contributed by atoms with Gasteiger partial charge in [-0.3, -0.25) is 0 Å². The highest BCUT2D eigenvalue weighted by atomic mass is 16.5. The Labute approximate surface area is 153 Å². The van der Waals surface area contributed by atoms with Crippen LogP contribution in [-0.4, -0.2) is 13.2 Å². The third kappa shape index (κ3) is 7.31. The predicted octanol–water partition coefficient (Wildman–Crippen LogP) is 5.93. The van der Waals surface area contributed by atoms with E-state index in [1.807, 2.05) is 6.07 Å². The maximum absolute atomic E-state index is 5.88. The fourth-order valence-electron chi connectivity index (χ4n) is 3.05. The molecule has 1 N–H and O–H groups in total. The van der Waals surface area contributed by atoms with Crippen LogP contribution in [-0.2, 0) is 6.42 Å². The second-order valence-corrected chi connectivity index (χ2v) is 6.63. The zero-order valence-electron chi connectivity index (χ0n) is 15.8. The van der Waals surface area contributed by atoms with Crippen molar-refractivity contribution in [1.29, 1.82) is 0 Å². The number of benzene rings is 2. The van der Waals surface area contributed by atoms with Gasteiger partial charge in [-0.25, -0.2) is 0 Å². The van der Waals surface area contributed by atoms with E-state index in [4.69, 9.17) is 4.74 Å². The molecule has 2 aromatic rings. The summed E-state index contributed by atoms with van der Waals surface area (Å²) in [5.41, 5.74) is 2.67. The van der Waals surface area contributed by atoms with Crippen LogP contribution in [0.5, 0.6) is 5.75 Å². The summed E-state index contributed by atoms with van der Waals surface area (Å²) in [5.74, 6) is 0.956. The van der Waals surface area contributed by atoms with Crippen molar-refractivity contribution in [1.82, 2.24) is 5.32 Å². The van der Waals surface area contributed by atoms with Gasteiger partial charge in [-0.2, -0.15) is 0 Å². The molecule has 0 fully saturated rings. The second kappa shape index (κ2) is 11.7. The number of hydrogen-bond donors (Lipinski definition) is 1. The molecule has 0 radical (unpaired) electrons. The minimum Gasteiger partial charge on any atom is -0.493 e. The van der Waals surface area contributed by atoms with E-state index in [-0.39, 0.29) is 0 Å². The molecule has 0 bridgehead atoms. The first-order valence-corrected chi connectivity index (χ1v) is 9.83. The molecule has 0 aromatic heterocycles. The van der Waals surface area contributed by atoms with E-state index in [9.17, 15) is 0 Å². The smallest absolute Gasteiger partial charge is 0.119 e. The van der Waals surface area contributed by atoms with Gasteiger partial charge in [0.15, 0.2) is 0 Å². The van der Waals surface area contributed by atoms with Crippen LogP contribution in [0.15, 0.2) is 54.6 Å². The van der Waals surface area contributed by atoms with Crippen LogP contribution in [0.2, 0.25) is 0 Å². The van der Waals surface area contributed by atoms with Crippen LogP contribution in [0.25, 0.3) is 0 Å². The van der Waals surface area contributed by atoms with Gasteiger partial charge in [0.25, 0.3) is 0 Å². The summed E-state index contributed by atoms with van der Waals surface area (Å²) < 4.78 is 5.88. The summed E-state index contributed by atoms with van der Waals surface area (Å²) in [6.45, 7) is 6.32. The quantitative estimate of drug-likeness (QED) is 0.484. The average Bonchev–Trinajstić information content (AvgIpc) is 2.66. The van der Waals surface area contributed by atoms with Gasteiger partial charge in [-0.1, -0.05) is 75.6 Å². The number of hydrogen-bond acceptors (Lipinski definition) is 2. The minimum absolute atomic E-state index is 0.444. The fraction of sp³-hybridized carbons (Fsp3) is 0.478. The van der Waals surface area contributed by atoms with Crippen LogP contribution < -0.4 is 10.1 Å². The van der Waals surface area contributed by atoms with Gasteiger partial charge < -0.3 is 10.1 Å². The normalized spacial score (nSPS) is 12.1. The average molecular weight is 340 g/mol. The van der Waals surface area contributed by atoms with Crippen LogP contribution >= 0.6 is 0 Å². The summed E-state index contributed by atoms with van der Waals surface area (Å²) in [6.07, 6.45) is 7.29.